The Balaban J connectivity index is 1.67. The highest BCUT2D eigenvalue weighted by Gasteiger charge is 2.56. The van der Waals surface area contributed by atoms with E-state index in [1.165, 1.54) is 0 Å². The molecule has 1 aromatic rings. The first kappa shape index (κ1) is 14.1. The van der Waals surface area contributed by atoms with Crippen LogP contribution < -0.4 is 4.74 Å². The average molecular weight is 284 g/mol. The molecule has 1 aromatic heterocycles. The average Bonchev–Trinajstić information content (AvgIpc) is 2.94. The van der Waals surface area contributed by atoms with Gasteiger partial charge in [0.2, 0.25) is 5.88 Å². The third kappa shape index (κ3) is 2.78. The van der Waals surface area contributed by atoms with E-state index in [1.54, 1.807) is 13.2 Å². The van der Waals surface area contributed by atoms with E-state index in [0.29, 0.717) is 18.1 Å². The number of pyridine rings is 1. The van der Waals surface area contributed by atoms with Gasteiger partial charge in [-0.05, 0) is 31.2 Å². The van der Waals surface area contributed by atoms with Gasteiger partial charge in [0.15, 0.2) is 0 Å². The molecule has 2 aliphatic rings. The molecule has 0 aromatic carbocycles. The highest BCUT2D eigenvalue weighted by Crippen LogP contribution is 2.51. The zero-order valence-electron chi connectivity index (χ0n) is 12.3. The molecular weight excluding hydrogens is 264 g/mol. The molecule has 1 heterocycles. The Hall–Kier alpha value is -1.89. The molecule has 0 radical (unpaired) electrons. The summed E-state index contributed by atoms with van der Waals surface area (Å²) in [6, 6.07) is 7.96. The van der Waals surface area contributed by atoms with Gasteiger partial charge in [-0.15, -0.1) is 0 Å². The fraction of sp³-hybridized carbons (Fsp3) is 0.588. The predicted molar refractivity (Wildman–Crippen MR) is 77.5 cm³/mol. The topological polar surface area (TPSA) is 63.0 Å². The summed E-state index contributed by atoms with van der Waals surface area (Å²) in [5.41, 5.74) is 0.904. The van der Waals surface area contributed by atoms with E-state index in [1.807, 2.05) is 12.1 Å². The number of carbonyl (C=O) groups is 1. The molecule has 2 aliphatic carbocycles. The molecule has 4 heteroatoms. The van der Waals surface area contributed by atoms with Crippen molar-refractivity contribution in [2.75, 3.05) is 7.11 Å². The van der Waals surface area contributed by atoms with Crippen molar-refractivity contribution < 1.29 is 9.53 Å². The Morgan fingerprint density at radius 2 is 2.19 bits per heavy atom. The molecule has 3 atom stereocenters. The summed E-state index contributed by atoms with van der Waals surface area (Å²) < 4.78 is 5.12. The van der Waals surface area contributed by atoms with Gasteiger partial charge in [0.25, 0.3) is 0 Å². The molecule has 3 unspecified atom stereocenters. The standard InChI is InChI=1S/C17H20N2O2/c1-21-15-8-4-7-12(19-15)9-13-14(10-18)16(13)17(20)11-5-2-3-6-11/h4,7-8,11,13-14,16H,2-3,5-6,9H2,1H3. The fourth-order valence-corrected chi connectivity index (χ4v) is 3.60. The fourth-order valence-electron chi connectivity index (χ4n) is 3.60. The second kappa shape index (κ2) is 5.85. The van der Waals surface area contributed by atoms with Gasteiger partial charge in [-0.2, -0.15) is 5.26 Å². The van der Waals surface area contributed by atoms with E-state index < -0.39 is 0 Å². The largest absolute Gasteiger partial charge is 0.481 e. The van der Waals surface area contributed by atoms with Gasteiger partial charge in [0.05, 0.1) is 19.1 Å². The zero-order chi connectivity index (χ0) is 14.8. The zero-order valence-corrected chi connectivity index (χ0v) is 12.3. The number of aromatic nitrogens is 1. The van der Waals surface area contributed by atoms with E-state index in [9.17, 15) is 10.1 Å². The van der Waals surface area contributed by atoms with E-state index in [2.05, 4.69) is 11.1 Å². The molecule has 4 nitrogen and oxygen atoms in total. The van der Waals surface area contributed by atoms with Crippen molar-refractivity contribution in [2.45, 2.75) is 32.1 Å². The first-order valence-corrected chi connectivity index (χ1v) is 7.68. The molecule has 0 saturated heterocycles. The molecule has 3 rings (SSSR count). The van der Waals surface area contributed by atoms with Gasteiger partial charge in [-0.25, -0.2) is 4.98 Å². The molecule has 0 spiro atoms. The van der Waals surface area contributed by atoms with Crippen molar-refractivity contribution in [3.05, 3.63) is 23.9 Å². The lowest BCUT2D eigenvalue weighted by Gasteiger charge is -2.07. The number of ketones is 1. The summed E-state index contributed by atoms with van der Waals surface area (Å²) in [5.74, 6) is 1.07. The van der Waals surface area contributed by atoms with Crippen molar-refractivity contribution in [3.8, 4) is 11.9 Å². The van der Waals surface area contributed by atoms with E-state index in [0.717, 1.165) is 31.4 Å². The van der Waals surface area contributed by atoms with Crippen LogP contribution >= 0.6 is 0 Å². The van der Waals surface area contributed by atoms with Gasteiger partial charge in [-0.1, -0.05) is 18.9 Å². The molecule has 2 fully saturated rings. The van der Waals surface area contributed by atoms with Gasteiger partial charge < -0.3 is 4.74 Å². The molecule has 0 amide bonds. The van der Waals surface area contributed by atoms with Crippen LogP contribution in [0.15, 0.2) is 18.2 Å². The summed E-state index contributed by atoms with van der Waals surface area (Å²) in [6.45, 7) is 0. The van der Waals surface area contributed by atoms with E-state index in [-0.39, 0.29) is 23.7 Å². The number of hydrogen-bond donors (Lipinski definition) is 0. The van der Waals surface area contributed by atoms with Crippen LogP contribution in [-0.2, 0) is 11.2 Å². The summed E-state index contributed by atoms with van der Waals surface area (Å²) in [5, 5.41) is 9.27. The Morgan fingerprint density at radius 1 is 1.43 bits per heavy atom. The minimum Gasteiger partial charge on any atom is -0.481 e. The van der Waals surface area contributed by atoms with Crippen molar-refractivity contribution >= 4 is 5.78 Å². The molecule has 2 saturated carbocycles. The second-order valence-corrected chi connectivity index (χ2v) is 6.10. The number of nitrogens with zero attached hydrogens (tertiary/aromatic N) is 2. The minimum atomic E-state index is -0.119. The van der Waals surface area contributed by atoms with Gasteiger partial charge in [0.1, 0.15) is 5.78 Å². The number of nitriles is 1. The molecular formula is C17H20N2O2. The maximum absolute atomic E-state index is 12.5. The second-order valence-electron chi connectivity index (χ2n) is 6.10. The number of rotatable bonds is 5. The van der Waals surface area contributed by atoms with Gasteiger partial charge in [-0.3, -0.25) is 4.79 Å². The number of carbonyl (C=O) groups excluding carboxylic acids is 1. The van der Waals surface area contributed by atoms with Gasteiger partial charge >= 0.3 is 0 Å². The molecule has 0 bridgehead atoms. The van der Waals surface area contributed by atoms with Crippen molar-refractivity contribution in [2.24, 2.45) is 23.7 Å². The van der Waals surface area contributed by atoms with Gasteiger partial charge in [0, 0.05) is 23.6 Å². The summed E-state index contributed by atoms with van der Waals surface area (Å²) in [4.78, 5) is 16.9. The third-order valence-corrected chi connectivity index (χ3v) is 4.84. The maximum Gasteiger partial charge on any atom is 0.213 e. The lowest BCUT2D eigenvalue weighted by Crippen LogP contribution is -2.15. The Labute approximate surface area is 125 Å². The third-order valence-electron chi connectivity index (χ3n) is 4.84. The number of Topliss-reactive ketones (excluding diaryl/α,β-unsaturated/α-hetero) is 1. The van der Waals surface area contributed by atoms with Crippen molar-refractivity contribution in [1.29, 1.82) is 5.26 Å². The Morgan fingerprint density at radius 3 is 2.86 bits per heavy atom. The lowest BCUT2D eigenvalue weighted by atomic mass is 9.97. The molecule has 0 N–H and O–H groups in total. The number of ether oxygens (including phenoxy) is 1. The van der Waals surface area contributed by atoms with Crippen LogP contribution in [-0.4, -0.2) is 17.9 Å². The van der Waals surface area contributed by atoms with Crippen molar-refractivity contribution in [3.63, 3.8) is 0 Å². The SMILES string of the molecule is COc1cccc(CC2C(C#N)C2C(=O)C2CCCC2)n1. The molecule has 0 aliphatic heterocycles. The summed E-state index contributed by atoms with van der Waals surface area (Å²) in [6.07, 6.45) is 5.03. The number of methoxy groups -OCH3 is 1. The number of hydrogen-bond acceptors (Lipinski definition) is 4. The minimum absolute atomic E-state index is 0.0638. The lowest BCUT2D eigenvalue weighted by molar-refractivity contribution is -0.124. The van der Waals surface area contributed by atoms with Crippen LogP contribution in [0, 0.1) is 35.0 Å². The van der Waals surface area contributed by atoms with Crippen LogP contribution in [0.1, 0.15) is 31.4 Å². The highest BCUT2D eigenvalue weighted by molar-refractivity contribution is 5.87. The summed E-state index contributed by atoms with van der Waals surface area (Å²) in [7, 11) is 1.59. The summed E-state index contributed by atoms with van der Waals surface area (Å²) >= 11 is 0. The first-order chi connectivity index (χ1) is 10.2. The monoisotopic (exact) mass is 284 g/mol. The predicted octanol–water partition coefficient (Wildman–Crippen LogP) is 2.78. The van der Waals surface area contributed by atoms with Crippen LogP contribution in [0.5, 0.6) is 5.88 Å². The molecule has 21 heavy (non-hydrogen) atoms. The van der Waals surface area contributed by atoms with Crippen LogP contribution in [0.25, 0.3) is 0 Å². The van der Waals surface area contributed by atoms with Crippen LogP contribution in [0.4, 0.5) is 0 Å². The van der Waals surface area contributed by atoms with Crippen LogP contribution in [0.2, 0.25) is 0 Å². The normalized spacial score (nSPS) is 28.1. The quantitative estimate of drug-likeness (QED) is 0.834. The first-order valence-electron chi connectivity index (χ1n) is 7.68. The Bertz CT molecular complexity index is 572. The van der Waals surface area contributed by atoms with Crippen LogP contribution in [0.3, 0.4) is 0 Å². The van der Waals surface area contributed by atoms with E-state index in [4.69, 9.17) is 4.74 Å². The Kier molecular flexibility index (Phi) is 3.92. The molecule has 110 valence electrons. The maximum atomic E-state index is 12.5. The smallest absolute Gasteiger partial charge is 0.213 e. The highest BCUT2D eigenvalue weighted by atomic mass is 16.5. The van der Waals surface area contributed by atoms with Crippen molar-refractivity contribution in [1.82, 2.24) is 4.98 Å². The van der Waals surface area contributed by atoms with E-state index >= 15 is 0 Å².